The number of benzene rings is 1. The number of nitrogens with zero attached hydrogens (tertiary/aromatic N) is 1. The maximum absolute atomic E-state index is 12.9. The summed E-state index contributed by atoms with van der Waals surface area (Å²) in [4.78, 5) is 38.5. The number of rotatable bonds is 4. The summed E-state index contributed by atoms with van der Waals surface area (Å²) in [5.41, 5.74) is 0.627. The molecule has 4 amide bonds. The van der Waals surface area contributed by atoms with Gasteiger partial charge in [-0.3, -0.25) is 14.9 Å². The fourth-order valence-electron chi connectivity index (χ4n) is 3.15. The number of fused-ring (bicyclic) bond motifs is 2. The Labute approximate surface area is 128 Å². The molecular formula is C16H19N3O3. The number of imide groups is 1. The molecular weight excluding hydrogens is 282 g/mol. The van der Waals surface area contributed by atoms with Crippen LogP contribution >= 0.6 is 0 Å². The lowest BCUT2D eigenvalue weighted by Gasteiger charge is -2.21. The van der Waals surface area contributed by atoms with Gasteiger partial charge in [-0.15, -0.1) is 0 Å². The Balaban J connectivity index is 2.07. The molecule has 0 saturated carbocycles. The standard InChI is InChI=1S/C16H19N3O3/c1-3-4-5-8-19-12-7-6-10(2)9-11(12)16(14(19)21)13(20)17-15(22)18-16/h6-7,9H,3-5,8H2,1-2H3,(H2,17,18,20,22). The van der Waals surface area contributed by atoms with Gasteiger partial charge in [0, 0.05) is 12.1 Å². The van der Waals surface area contributed by atoms with Crippen LogP contribution in [0.15, 0.2) is 18.2 Å². The van der Waals surface area contributed by atoms with Crippen molar-refractivity contribution in [2.24, 2.45) is 0 Å². The first-order valence-electron chi connectivity index (χ1n) is 7.57. The molecule has 116 valence electrons. The predicted molar refractivity (Wildman–Crippen MR) is 81.4 cm³/mol. The van der Waals surface area contributed by atoms with Crippen LogP contribution in [0.1, 0.15) is 37.3 Å². The molecule has 0 aliphatic carbocycles. The monoisotopic (exact) mass is 301 g/mol. The van der Waals surface area contributed by atoms with Crippen molar-refractivity contribution in [1.82, 2.24) is 10.6 Å². The summed E-state index contributed by atoms with van der Waals surface area (Å²) in [6, 6.07) is 4.94. The number of amides is 4. The van der Waals surface area contributed by atoms with Gasteiger partial charge in [0.25, 0.3) is 11.8 Å². The number of aryl methyl sites for hydroxylation is 1. The molecule has 2 aliphatic heterocycles. The van der Waals surface area contributed by atoms with E-state index in [0.717, 1.165) is 24.8 Å². The SMILES string of the molecule is CCCCCN1C(=O)C2(NC(=O)NC2=O)c2cc(C)ccc21. The fraction of sp³-hybridized carbons (Fsp3) is 0.438. The van der Waals surface area contributed by atoms with Gasteiger partial charge in [-0.1, -0.05) is 37.5 Å². The van der Waals surface area contributed by atoms with Crippen molar-refractivity contribution in [1.29, 1.82) is 0 Å². The number of hydrogen-bond donors (Lipinski definition) is 2. The lowest BCUT2D eigenvalue weighted by atomic mass is 9.90. The summed E-state index contributed by atoms with van der Waals surface area (Å²) >= 11 is 0. The normalized spacial score (nSPS) is 23.0. The topological polar surface area (TPSA) is 78.5 Å². The van der Waals surface area contributed by atoms with Gasteiger partial charge in [-0.05, 0) is 19.4 Å². The average Bonchev–Trinajstić information content (AvgIpc) is 2.89. The van der Waals surface area contributed by atoms with Crippen LogP contribution in [0, 0.1) is 6.92 Å². The van der Waals surface area contributed by atoms with E-state index >= 15 is 0 Å². The first kappa shape index (κ1) is 14.6. The predicted octanol–water partition coefficient (Wildman–Crippen LogP) is 1.57. The van der Waals surface area contributed by atoms with Crippen molar-refractivity contribution in [2.45, 2.75) is 38.6 Å². The number of carbonyl (C=O) groups is 3. The average molecular weight is 301 g/mol. The molecule has 1 atom stereocenters. The van der Waals surface area contributed by atoms with Crippen molar-refractivity contribution in [3.63, 3.8) is 0 Å². The van der Waals surface area contributed by atoms with Gasteiger partial charge in [-0.25, -0.2) is 4.79 Å². The molecule has 1 aromatic carbocycles. The molecule has 6 heteroatoms. The zero-order chi connectivity index (χ0) is 15.9. The molecule has 0 aromatic heterocycles. The Morgan fingerprint density at radius 2 is 1.95 bits per heavy atom. The molecule has 1 aromatic rings. The lowest BCUT2D eigenvalue weighted by molar-refractivity contribution is -0.133. The van der Waals surface area contributed by atoms with E-state index in [4.69, 9.17) is 0 Å². The number of hydrogen-bond acceptors (Lipinski definition) is 3. The summed E-state index contributed by atoms with van der Waals surface area (Å²) in [6.07, 6.45) is 2.92. The van der Waals surface area contributed by atoms with Crippen molar-refractivity contribution >= 4 is 23.5 Å². The molecule has 2 N–H and O–H groups in total. The molecule has 6 nitrogen and oxygen atoms in total. The van der Waals surface area contributed by atoms with E-state index in [-0.39, 0.29) is 5.91 Å². The molecule has 2 heterocycles. The van der Waals surface area contributed by atoms with E-state index in [9.17, 15) is 14.4 Å². The van der Waals surface area contributed by atoms with Crippen LogP contribution in [0.4, 0.5) is 10.5 Å². The third-order valence-corrected chi connectivity index (χ3v) is 4.27. The summed E-state index contributed by atoms with van der Waals surface area (Å²) in [7, 11) is 0. The number of urea groups is 1. The Kier molecular flexibility index (Phi) is 3.39. The van der Waals surface area contributed by atoms with Crippen LogP contribution in [0.3, 0.4) is 0 Å². The molecule has 22 heavy (non-hydrogen) atoms. The molecule has 0 bridgehead atoms. The van der Waals surface area contributed by atoms with Crippen LogP contribution in [0.25, 0.3) is 0 Å². The summed E-state index contributed by atoms with van der Waals surface area (Å²) in [5, 5.41) is 4.73. The maximum atomic E-state index is 12.9. The van der Waals surface area contributed by atoms with E-state index < -0.39 is 17.5 Å². The number of unbranched alkanes of at least 4 members (excludes halogenated alkanes) is 2. The van der Waals surface area contributed by atoms with Gasteiger partial charge in [0.1, 0.15) is 0 Å². The second-order valence-electron chi connectivity index (χ2n) is 5.84. The van der Waals surface area contributed by atoms with Gasteiger partial charge in [-0.2, -0.15) is 0 Å². The van der Waals surface area contributed by atoms with Crippen LogP contribution in [-0.4, -0.2) is 24.4 Å². The Morgan fingerprint density at radius 1 is 1.18 bits per heavy atom. The Hall–Kier alpha value is -2.37. The minimum Gasteiger partial charge on any atom is -0.312 e. The Morgan fingerprint density at radius 3 is 2.59 bits per heavy atom. The van der Waals surface area contributed by atoms with Crippen molar-refractivity contribution < 1.29 is 14.4 Å². The van der Waals surface area contributed by atoms with E-state index in [1.165, 1.54) is 0 Å². The van der Waals surface area contributed by atoms with Crippen molar-refractivity contribution in [2.75, 3.05) is 11.4 Å². The smallest absolute Gasteiger partial charge is 0.312 e. The lowest BCUT2D eigenvalue weighted by Crippen LogP contribution is -2.52. The number of nitrogens with one attached hydrogen (secondary N) is 2. The highest BCUT2D eigenvalue weighted by atomic mass is 16.2. The van der Waals surface area contributed by atoms with Gasteiger partial charge in [0.05, 0.1) is 5.69 Å². The number of carbonyl (C=O) groups excluding carboxylic acids is 3. The van der Waals surface area contributed by atoms with E-state index in [2.05, 4.69) is 17.6 Å². The van der Waals surface area contributed by atoms with Crippen LogP contribution in [0.2, 0.25) is 0 Å². The summed E-state index contributed by atoms with van der Waals surface area (Å²) in [6.45, 7) is 4.54. The molecule has 3 rings (SSSR count). The highest BCUT2D eigenvalue weighted by Gasteiger charge is 2.61. The van der Waals surface area contributed by atoms with E-state index in [1.54, 1.807) is 11.0 Å². The molecule has 1 saturated heterocycles. The first-order chi connectivity index (χ1) is 10.5. The minimum atomic E-state index is -1.59. The summed E-state index contributed by atoms with van der Waals surface area (Å²) in [5.74, 6) is -0.958. The second-order valence-corrected chi connectivity index (χ2v) is 5.84. The zero-order valence-electron chi connectivity index (χ0n) is 12.7. The summed E-state index contributed by atoms with van der Waals surface area (Å²) < 4.78 is 0. The van der Waals surface area contributed by atoms with E-state index in [0.29, 0.717) is 17.8 Å². The fourth-order valence-corrected chi connectivity index (χ4v) is 3.15. The first-order valence-corrected chi connectivity index (χ1v) is 7.57. The van der Waals surface area contributed by atoms with Crippen molar-refractivity contribution in [3.05, 3.63) is 29.3 Å². The quantitative estimate of drug-likeness (QED) is 0.503. The molecule has 0 radical (unpaired) electrons. The largest absolute Gasteiger partial charge is 0.323 e. The van der Waals surface area contributed by atoms with Gasteiger partial charge in [0.2, 0.25) is 5.54 Å². The zero-order valence-corrected chi connectivity index (χ0v) is 12.7. The third-order valence-electron chi connectivity index (χ3n) is 4.27. The van der Waals surface area contributed by atoms with Gasteiger partial charge < -0.3 is 10.2 Å². The number of anilines is 1. The van der Waals surface area contributed by atoms with Crippen molar-refractivity contribution in [3.8, 4) is 0 Å². The molecule has 2 aliphatic rings. The van der Waals surface area contributed by atoms with Crippen LogP contribution in [0.5, 0.6) is 0 Å². The van der Waals surface area contributed by atoms with Gasteiger partial charge >= 0.3 is 6.03 Å². The maximum Gasteiger partial charge on any atom is 0.323 e. The molecule has 1 fully saturated rings. The van der Waals surface area contributed by atoms with Crippen LogP contribution < -0.4 is 15.5 Å². The minimum absolute atomic E-state index is 0.368. The molecule has 1 spiro atoms. The van der Waals surface area contributed by atoms with Crippen LogP contribution in [-0.2, 0) is 15.1 Å². The molecule has 1 unspecified atom stereocenters. The second kappa shape index (κ2) is 5.12. The van der Waals surface area contributed by atoms with Gasteiger partial charge in [0.15, 0.2) is 0 Å². The third kappa shape index (κ3) is 1.90. The highest BCUT2D eigenvalue weighted by Crippen LogP contribution is 2.42. The highest BCUT2D eigenvalue weighted by molar-refractivity contribution is 6.27. The van der Waals surface area contributed by atoms with E-state index in [1.807, 2.05) is 19.1 Å². The Bertz CT molecular complexity index is 671.